The molecule has 0 saturated heterocycles. The zero-order valence-corrected chi connectivity index (χ0v) is 20.0. The molecule has 0 amide bonds. The summed E-state index contributed by atoms with van der Waals surface area (Å²) in [5.41, 5.74) is 0. The lowest BCUT2D eigenvalue weighted by atomic mass is 10.0. The van der Waals surface area contributed by atoms with Crippen molar-refractivity contribution in [2.75, 3.05) is 0 Å². The predicted molar refractivity (Wildman–Crippen MR) is 121 cm³/mol. The first-order valence-corrected chi connectivity index (χ1v) is 12.2. The molecule has 0 aromatic rings. The van der Waals surface area contributed by atoms with E-state index in [1.165, 1.54) is 83.5 Å². The highest BCUT2D eigenvalue weighted by atomic mass is 16.7. The first-order chi connectivity index (χ1) is 13.8. The van der Waals surface area contributed by atoms with Crippen molar-refractivity contribution in [3.63, 3.8) is 0 Å². The molecule has 4 nitrogen and oxygen atoms in total. The predicted octanol–water partition coefficient (Wildman–Crippen LogP) is 7.73. The molecule has 0 radical (unpaired) electrons. The lowest BCUT2D eigenvalue weighted by Gasteiger charge is -2.25. The molecule has 4 heteroatoms. The number of ether oxygens (including phenoxy) is 2. The molecule has 0 rings (SSSR count). The molecule has 0 heterocycles. The maximum absolute atomic E-state index is 11.9. The zero-order chi connectivity index (χ0) is 22.0. The number of carbonyl (C=O) groups is 2. The quantitative estimate of drug-likeness (QED) is 0.124. The van der Waals surface area contributed by atoms with Gasteiger partial charge in [0.25, 0.3) is 5.79 Å². The van der Waals surface area contributed by atoms with Crippen LogP contribution in [0, 0.1) is 5.92 Å². The molecule has 0 aliphatic carbocycles. The van der Waals surface area contributed by atoms with E-state index in [0.29, 0.717) is 6.42 Å². The Morgan fingerprint density at radius 2 is 1.03 bits per heavy atom. The normalized spacial score (nSPS) is 11.7. The van der Waals surface area contributed by atoms with E-state index in [4.69, 9.17) is 9.47 Å². The summed E-state index contributed by atoms with van der Waals surface area (Å²) in [4.78, 5) is 23.6. The van der Waals surface area contributed by atoms with Gasteiger partial charge in [0.2, 0.25) is 0 Å². The van der Waals surface area contributed by atoms with Crippen molar-refractivity contribution in [2.24, 2.45) is 5.92 Å². The molecule has 0 bridgehead atoms. The van der Waals surface area contributed by atoms with Gasteiger partial charge < -0.3 is 9.47 Å². The molecule has 0 saturated carbocycles. The third-order valence-electron chi connectivity index (χ3n) is 5.16. The van der Waals surface area contributed by atoms with Crippen LogP contribution in [0.4, 0.5) is 0 Å². The number of esters is 2. The molecule has 29 heavy (non-hydrogen) atoms. The van der Waals surface area contributed by atoms with Crippen molar-refractivity contribution in [2.45, 2.75) is 143 Å². The first-order valence-electron chi connectivity index (χ1n) is 12.2. The average Bonchev–Trinajstić information content (AvgIpc) is 2.63. The van der Waals surface area contributed by atoms with E-state index in [9.17, 15) is 9.59 Å². The lowest BCUT2D eigenvalue weighted by Crippen LogP contribution is -2.35. The number of hydrogen-bond donors (Lipinski definition) is 0. The van der Waals surface area contributed by atoms with E-state index in [-0.39, 0.29) is 17.9 Å². The SMILES string of the molecule is CCCCCCCCCCCCCCCCCC(=O)OC(C)(C)OC(=O)C(C)C. The van der Waals surface area contributed by atoms with E-state index < -0.39 is 5.79 Å². The topological polar surface area (TPSA) is 52.6 Å². The summed E-state index contributed by atoms with van der Waals surface area (Å²) in [6.07, 6.45) is 19.9. The highest BCUT2D eigenvalue weighted by Crippen LogP contribution is 2.17. The second-order valence-corrected chi connectivity index (χ2v) is 9.15. The third-order valence-corrected chi connectivity index (χ3v) is 5.16. The largest absolute Gasteiger partial charge is 0.423 e. The van der Waals surface area contributed by atoms with Gasteiger partial charge in [-0.2, -0.15) is 0 Å². The summed E-state index contributed by atoms with van der Waals surface area (Å²) in [5, 5.41) is 0. The van der Waals surface area contributed by atoms with Crippen LogP contribution in [-0.4, -0.2) is 17.7 Å². The number of carbonyl (C=O) groups excluding carboxylic acids is 2. The molecular formula is C25H48O4. The molecule has 0 aromatic heterocycles. The van der Waals surface area contributed by atoms with Gasteiger partial charge in [-0.15, -0.1) is 0 Å². The standard InChI is InChI=1S/C25H48O4/c1-6-7-8-9-10-11-12-13-14-15-16-17-18-19-20-21-23(26)28-25(4,5)29-24(27)22(2)3/h22H,6-21H2,1-5H3. The molecule has 0 atom stereocenters. The van der Waals surface area contributed by atoms with E-state index >= 15 is 0 Å². The first kappa shape index (κ1) is 27.9. The maximum atomic E-state index is 11.9. The van der Waals surface area contributed by atoms with Crippen molar-refractivity contribution in [1.82, 2.24) is 0 Å². The van der Waals surface area contributed by atoms with Crippen molar-refractivity contribution < 1.29 is 19.1 Å². The van der Waals surface area contributed by atoms with Gasteiger partial charge >= 0.3 is 11.9 Å². The van der Waals surface area contributed by atoms with Crippen molar-refractivity contribution in [3.8, 4) is 0 Å². The lowest BCUT2D eigenvalue weighted by molar-refractivity contribution is -0.218. The fourth-order valence-electron chi connectivity index (χ4n) is 3.35. The summed E-state index contributed by atoms with van der Waals surface area (Å²) < 4.78 is 10.5. The Labute approximate surface area is 180 Å². The molecule has 0 aromatic carbocycles. The minimum atomic E-state index is -1.19. The van der Waals surface area contributed by atoms with Crippen LogP contribution in [0.15, 0.2) is 0 Å². The van der Waals surface area contributed by atoms with Crippen LogP contribution in [0.2, 0.25) is 0 Å². The third kappa shape index (κ3) is 18.7. The van der Waals surface area contributed by atoms with Crippen molar-refractivity contribution >= 4 is 11.9 Å². The molecule has 0 N–H and O–H groups in total. The minimum Gasteiger partial charge on any atom is -0.423 e. The summed E-state index contributed by atoms with van der Waals surface area (Å²) in [5.74, 6) is -2.06. The smallest absolute Gasteiger partial charge is 0.311 e. The maximum Gasteiger partial charge on any atom is 0.311 e. The molecular weight excluding hydrogens is 364 g/mol. The fourth-order valence-corrected chi connectivity index (χ4v) is 3.35. The van der Waals surface area contributed by atoms with Gasteiger partial charge in [0.05, 0.1) is 5.92 Å². The second-order valence-electron chi connectivity index (χ2n) is 9.15. The summed E-state index contributed by atoms with van der Waals surface area (Å²) in [6, 6.07) is 0. The van der Waals surface area contributed by atoms with Crippen LogP contribution >= 0.6 is 0 Å². The monoisotopic (exact) mass is 412 g/mol. The van der Waals surface area contributed by atoms with Crippen LogP contribution in [0.3, 0.4) is 0 Å². The van der Waals surface area contributed by atoms with Gasteiger partial charge in [-0.05, 0) is 6.42 Å². The summed E-state index contributed by atoms with van der Waals surface area (Å²) in [6.45, 7) is 9.00. The van der Waals surface area contributed by atoms with Crippen LogP contribution < -0.4 is 0 Å². The van der Waals surface area contributed by atoms with Crippen molar-refractivity contribution in [1.29, 1.82) is 0 Å². The Hall–Kier alpha value is -1.06. The van der Waals surface area contributed by atoms with Crippen LogP contribution in [0.1, 0.15) is 137 Å². The summed E-state index contributed by atoms with van der Waals surface area (Å²) in [7, 11) is 0. The number of hydrogen-bond acceptors (Lipinski definition) is 4. The molecule has 0 unspecified atom stereocenters. The average molecular weight is 413 g/mol. The Bertz CT molecular complexity index is 415. The van der Waals surface area contributed by atoms with Gasteiger partial charge in [0, 0.05) is 20.3 Å². The highest BCUT2D eigenvalue weighted by molar-refractivity contribution is 5.73. The molecule has 0 fully saturated rings. The van der Waals surface area contributed by atoms with E-state index in [1.807, 2.05) is 0 Å². The van der Waals surface area contributed by atoms with Crippen molar-refractivity contribution in [3.05, 3.63) is 0 Å². The minimum absolute atomic E-state index is 0.233. The Morgan fingerprint density at radius 1 is 0.655 bits per heavy atom. The van der Waals surface area contributed by atoms with Gasteiger partial charge in [0.1, 0.15) is 0 Å². The second kappa shape index (κ2) is 17.8. The Balaban J connectivity index is 3.45. The number of unbranched alkanes of at least 4 members (excludes halogenated alkanes) is 14. The van der Waals surface area contributed by atoms with E-state index in [0.717, 1.165) is 12.8 Å². The molecule has 0 spiro atoms. The number of rotatable bonds is 19. The van der Waals surface area contributed by atoms with Gasteiger partial charge in [-0.1, -0.05) is 111 Å². The van der Waals surface area contributed by atoms with E-state index in [2.05, 4.69) is 6.92 Å². The molecule has 0 aliphatic rings. The Kier molecular flexibility index (Phi) is 17.1. The summed E-state index contributed by atoms with van der Waals surface area (Å²) >= 11 is 0. The van der Waals surface area contributed by atoms with Crippen LogP contribution in [0.25, 0.3) is 0 Å². The fraction of sp³-hybridized carbons (Fsp3) is 0.920. The highest BCUT2D eigenvalue weighted by Gasteiger charge is 2.28. The Morgan fingerprint density at radius 3 is 1.41 bits per heavy atom. The van der Waals surface area contributed by atoms with Crippen LogP contribution in [0.5, 0.6) is 0 Å². The van der Waals surface area contributed by atoms with E-state index in [1.54, 1.807) is 27.7 Å². The van der Waals surface area contributed by atoms with Gasteiger partial charge in [-0.3, -0.25) is 9.59 Å². The molecule has 0 aliphatic heterocycles. The van der Waals surface area contributed by atoms with Gasteiger partial charge in [-0.25, -0.2) is 0 Å². The zero-order valence-electron chi connectivity index (χ0n) is 20.0. The molecule has 172 valence electrons. The van der Waals surface area contributed by atoms with Crippen LogP contribution in [-0.2, 0) is 19.1 Å². The van der Waals surface area contributed by atoms with Gasteiger partial charge in [0.15, 0.2) is 0 Å².